The van der Waals surface area contributed by atoms with Crippen molar-refractivity contribution in [1.29, 1.82) is 0 Å². The summed E-state index contributed by atoms with van der Waals surface area (Å²) in [7, 11) is 0. The van der Waals surface area contributed by atoms with E-state index in [9.17, 15) is 4.79 Å². The monoisotopic (exact) mass is 254 g/mol. The van der Waals surface area contributed by atoms with Crippen molar-refractivity contribution in [2.24, 2.45) is 0 Å². The first-order valence-corrected chi connectivity index (χ1v) is 6.05. The molecular formula is C14H19ClO2. The van der Waals surface area contributed by atoms with Gasteiger partial charge in [-0.3, -0.25) is 4.79 Å². The van der Waals surface area contributed by atoms with Gasteiger partial charge in [0.1, 0.15) is 0 Å². The van der Waals surface area contributed by atoms with Crippen molar-refractivity contribution in [3.8, 4) is 11.8 Å². The third-order valence-electron chi connectivity index (χ3n) is 2.35. The molecule has 0 saturated heterocycles. The Hall–Kier alpha value is -1.20. The first-order chi connectivity index (χ1) is 7.92. The van der Waals surface area contributed by atoms with E-state index in [-0.39, 0.29) is 5.97 Å². The zero-order chi connectivity index (χ0) is 13.4. The molecule has 3 heteroatoms. The topological polar surface area (TPSA) is 26.3 Å². The third-order valence-corrected chi connectivity index (χ3v) is 2.77. The van der Waals surface area contributed by atoms with Gasteiger partial charge in [0.2, 0.25) is 0 Å². The summed E-state index contributed by atoms with van der Waals surface area (Å²) < 4.78 is 5.05. The van der Waals surface area contributed by atoms with E-state index >= 15 is 0 Å². The van der Waals surface area contributed by atoms with E-state index in [1.165, 1.54) is 6.92 Å². The summed E-state index contributed by atoms with van der Waals surface area (Å²) in [6, 6.07) is 0. The Morgan fingerprint density at radius 1 is 1.06 bits per heavy atom. The van der Waals surface area contributed by atoms with Crippen molar-refractivity contribution in [2.75, 3.05) is 0 Å². The Bertz CT molecular complexity index is 406. The van der Waals surface area contributed by atoms with Crippen LogP contribution < -0.4 is 0 Å². The van der Waals surface area contributed by atoms with Crippen molar-refractivity contribution in [3.05, 3.63) is 21.9 Å². The lowest BCUT2D eigenvalue weighted by molar-refractivity contribution is -0.136. The van der Waals surface area contributed by atoms with Crippen molar-refractivity contribution in [1.82, 2.24) is 0 Å². The van der Waals surface area contributed by atoms with E-state index in [4.69, 9.17) is 16.3 Å². The summed E-state index contributed by atoms with van der Waals surface area (Å²) >= 11 is 6.00. The molecule has 0 fully saturated rings. The maximum Gasteiger partial charge on any atom is 0.308 e. The molecule has 17 heavy (non-hydrogen) atoms. The SMILES string of the molecule is CC/C(C)=C(/Cl)C#C/C(OC(C)=O)=C(/C)CC. The average Bonchev–Trinajstić information content (AvgIpc) is 2.31. The lowest BCUT2D eigenvalue weighted by atomic mass is 10.2. The molecule has 0 aliphatic heterocycles. The van der Waals surface area contributed by atoms with Crippen LogP contribution in [0.4, 0.5) is 0 Å². The highest BCUT2D eigenvalue weighted by Gasteiger charge is 2.03. The summed E-state index contributed by atoms with van der Waals surface area (Å²) in [6.45, 7) is 9.17. The van der Waals surface area contributed by atoms with E-state index in [2.05, 4.69) is 11.8 Å². The van der Waals surface area contributed by atoms with Gasteiger partial charge in [-0.2, -0.15) is 0 Å². The van der Waals surface area contributed by atoms with Crippen LogP contribution in [0.1, 0.15) is 47.5 Å². The molecule has 0 aromatic heterocycles. The minimum absolute atomic E-state index is 0.366. The molecule has 0 atom stereocenters. The molecule has 2 nitrogen and oxygen atoms in total. The Morgan fingerprint density at radius 3 is 2.00 bits per heavy atom. The number of carbonyl (C=O) groups is 1. The van der Waals surface area contributed by atoms with Crippen molar-refractivity contribution >= 4 is 17.6 Å². The van der Waals surface area contributed by atoms with Gasteiger partial charge in [-0.1, -0.05) is 25.4 Å². The minimum atomic E-state index is -0.366. The fraction of sp³-hybridized carbons (Fsp3) is 0.500. The third kappa shape index (κ3) is 6.19. The number of esters is 1. The molecular weight excluding hydrogens is 236 g/mol. The lowest BCUT2D eigenvalue weighted by Crippen LogP contribution is -1.99. The molecule has 0 N–H and O–H groups in total. The predicted molar refractivity (Wildman–Crippen MR) is 71.4 cm³/mol. The normalized spacial score (nSPS) is 13.1. The Morgan fingerprint density at radius 2 is 1.59 bits per heavy atom. The molecule has 94 valence electrons. The first-order valence-electron chi connectivity index (χ1n) is 5.67. The van der Waals surface area contributed by atoms with Crippen LogP contribution in [0.15, 0.2) is 21.9 Å². The van der Waals surface area contributed by atoms with Crippen LogP contribution in [0.3, 0.4) is 0 Å². The number of hydrogen-bond acceptors (Lipinski definition) is 2. The number of halogens is 1. The number of carbonyl (C=O) groups excluding carboxylic acids is 1. The Balaban J connectivity index is 5.16. The molecule has 0 saturated carbocycles. The largest absolute Gasteiger partial charge is 0.417 e. The zero-order valence-electron chi connectivity index (χ0n) is 11.1. The minimum Gasteiger partial charge on any atom is -0.417 e. The molecule has 0 aliphatic carbocycles. The predicted octanol–water partition coefficient (Wildman–Crippen LogP) is 4.16. The van der Waals surface area contributed by atoms with Gasteiger partial charge in [-0.25, -0.2) is 0 Å². The van der Waals surface area contributed by atoms with Crippen LogP contribution in [0.2, 0.25) is 0 Å². The van der Waals surface area contributed by atoms with E-state index in [1.54, 1.807) is 0 Å². The summed E-state index contributed by atoms with van der Waals surface area (Å²) in [4.78, 5) is 10.9. The molecule has 0 heterocycles. The molecule has 0 aliphatic rings. The van der Waals surface area contributed by atoms with Crippen LogP contribution in [-0.2, 0) is 9.53 Å². The molecule has 0 aromatic rings. The summed E-state index contributed by atoms with van der Waals surface area (Å²) in [5, 5.41) is 0.515. The molecule has 0 spiro atoms. The maximum atomic E-state index is 10.9. The molecule has 0 bridgehead atoms. The average molecular weight is 255 g/mol. The van der Waals surface area contributed by atoms with Gasteiger partial charge in [0.25, 0.3) is 0 Å². The van der Waals surface area contributed by atoms with Gasteiger partial charge in [0.15, 0.2) is 5.76 Å². The second-order valence-electron chi connectivity index (χ2n) is 3.75. The molecule has 0 rings (SSSR count). The van der Waals surface area contributed by atoms with Gasteiger partial charge >= 0.3 is 5.97 Å². The van der Waals surface area contributed by atoms with Gasteiger partial charge in [-0.15, -0.1) is 0 Å². The van der Waals surface area contributed by atoms with Crippen LogP contribution in [0, 0.1) is 11.8 Å². The molecule has 0 aromatic carbocycles. The van der Waals surface area contributed by atoms with Gasteiger partial charge in [0, 0.05) is 6.92 Å². The van der Waals surface area contributed by atoms with Crippen LogP contribution in [-0.4, -0.2) is 5.97 Å². The van der Waals surface area contributed by atoms with Gasteiger partial charge in [0.05, 0.1) is 5.03 Å². The summed E-state index contributed by atoms with van der Waals surface area (Å²) in [5.41, 5.74) is 1.96. The Kier molecular flexibility index (Phi) is 7.41. The maximum absolute atomic E-state index is 10.9. The fourth-order valence-corrected chi connectivity index (χ4v) is 1.08. The number of ether oxygens (including phenoxy) is 1. The first kappa shape index (κ1) is 15.8. The highest BCUT2D eigenvalue weighted by atomic mass is 35.5. The fourth-order valence-electron chi connectivity index (χ4n) is 0.897. The lowest BCUT2D eigenvalue weighted by Gasteiger charge is -2.03. The van der Waals surface area contributed by atoms with Crippen LogP contribution in [0.25, 0.3) is 0 Å². The molecule has 0 unspecified atom stereocenters. The van der Waals surface area contributed by atoms with E-state index in [0.29, 0.717) is 10.8 Å². The zero-order valence-corrected chi connectivity index (χ0v) is 11.9. The van der Waals surface area contributed by atoms with Crippen LogP contribution >= 0.6 is 11.6 Å². The summed E-state index contributed by atoms with van der Waals surface area (Å²) in [5.74, 6) is 5.67. The number of allylic oxidation sites excluding steroid dienone is 4. The second kappa shape index (κ2) is 7.97. The highest BCUT2D eigenvalue weighted by molar-refractivity contribution is 6.32. The van der Waals surface area contributed by atoms with E-state index < -0.39 is 0 Å². The van der Waals surface area contributed by atoms with Crippen molar-refractivity contribution in [2.45, 2.75) is 47.5 Å². The highest BCUT2D eigenvalue weighted by Crippen LogP contribution is 2.13. The van der Waals surface area contributed by atoms with Crippen LogP contribution in [0.5, 0.6) is 0 Å². The second-order valence-corrected chi connectivity index (χ2v) is 4.13. The quantitative estimate of drug-likeness (QED) is 0.429. The molecule has 0 amide bonds. The standard InChI is InChI=1S/C14H19ClO2/c1-6-10(3)13(15)8-9-14(11(4)7-2)17-12(5)16/h6-7H2,1-5H3/b13-10+,14-11+. The van der Waals surface area contributed by atoms with E-state index in [1.807, 2.05) is 27.7 Å². The summed E-state index contributed by atoms with van der Waals surface area (Å²) in [6.07, 6.45) is 1.64. The number of hydrogen-bond donors (Lipinski definition) is 0. The van der Waals surface area contributed by atoms with Crippen molar-refractivity contribution in [3.63, 3.8) is 0 Å². The van der Waals surface area contributed by atoms with Gasteiger partial charge in [-0.05, 0) is 49.7 Å². The van der Waals surface area contributed by atoms with Crippen molar-refractivity contribution < 1.29 is 9.53 Å². The van der Waals surface area contributed by atoms with Gasteiger partial charge < -0.3 is 4.74 Å². The smallest absolute Gasteiger partial charge is 0.308 e. The number of rotatable bonds is 3. The molecule has 0 radical (unpaired) electrons. The Labute approximate surface area is 109 Å². The van der Waals surface area contributed by atoms with E-state index in [0.717, 1.165) is 24.0 Å².